The van der Waals surface area contributed by atoms with Crippen LogP contribution >= 0.6 is 0 Å². The van der Waals surface area contributed by atoms with Crippen LogP contribution in [0.5, 0.6) is 0 Å². The molecule has 0 unspecified atom stereocenters. The maximum atomic E-state index is 6.56. The molecule has 0 aliphatic carbocycles. The molecule has 2 heteroatoms. The first kappa shape index (κ1) is 6.21. The highest BCUT2D eigenvalue weighted by Gasteiger charge is 1.68. The summed E-state index contributed by atoms with van der Waals surface area (Å²) < 4.78 is 0. The van der Waals surface area contributed by atoms with E-state index in [-0.39, 0.29) is 0 Å². The fourth-order valence-corrected chi connectivity index (χ4v) is 0.215. The number of rotatable bonds is 2. The summed E-state index contributed by atoms with van der Waals surface area (Å²) in [4.78, 5) is 1.88. The quantitative estimate of drug-likeness (QED) is 0.506. The van der Waals surface area contributed by atoms with Crippen molar-refractivity contribution in [3.8, 4) is 0 Å². The lowest BCUT2D eigenvalue weighted by Gasteiger charge is -1.99. The fourth-order valence-electron chi connectivity index (χ4n) is 0.215. The summed E-state index contributed by atoms with van der Waals surface area (Å²) in [5.74, 6) is 0. The molecule has 0 aromatic heterocycles. The van der Waals surface area contributed by atoms with Crippen molar-refractivity contribution in [2.75, 3.05) is 14.1 Å². The second-order valence-electron chi connectivity index (χ2n) is 1.47. The molecule has 0 fully saturated rings. The maximum absolute atomic E-state index is 6.56. The molecule has 0 aliphatic rings. The van der Waals surface area contributed by atoms with Gasteiger partial charge in [-0.3, -0.25) is 0 Å². The lowest BCUT2D eigenvalue weighted by Crippen LogP contribution is -1.99. The van der Waals surface area contributed by atoms with Crippen LogP contribution in [0.3, 0.4) is 0 Å². The van der Waals surface area contributed by atoms with Gasteiger partial charge in [0, 0.05) is 20.3 Å². The minimum Gasteiger partial charge on any atom is -0.383 e. The van der Waals surface area contributed by atoms with Crippen LogP contribution in [0, 0.1) is 5.41 Å². The molecule has 0 atom stereocenters. The molecule has 40 valence electrons. The zero-order chi connectivity index (χ0) is 5.70. The van der Waals surface area contributed by atoms with E-state index in [0.717, 1.165) is 0 Å². The molecule has 1 N–H and O–H groups in total. The number of nitrogens with one attached hydrogen (secondary N) is 1. The zero-order valence-electron chi connectivity index (χ0n) is 4.68. The number of hydrogen-bond acceptors (Lipinski definition) is 2. The molecule has 0 saturated carbocycles. The minimum absolute atomic E-state index is 1.25. The van der Waals surface area contributed by atoms with Gasteiger partial charge >= 0.3 is 0 Å². The lowest BCUT2D eigenvalue weighted by molar-refractivity contribution is 0.564. The van der Waals surface area contributed by atoms with E-state index in [4.69, 9.17) is 5.41 Å². The van der Waals surface area contributed by atoms with E-state index in [1.807, 2.05) is 25.2 Å². The molecule has 0 saturated heterocycles. The molecule has 0 aliphatic heterocycles. The summed E-state index contributed by atoms with van der Waals surface area (Å²) in [7, 11) is 3.83. The van der Waals surface area contributed by atoms with Crippen LogP contribution in [-0.4, -0.2) is 25.2 Å². The first-order valence-electron chi connectivity index (χ1n) is 2.11. The average Bonchev–Trinajstić information content (AvgIpc) is 1.61. The van der Waals surface area contributed by atoms with E-state index >= 15 is 0 Å². The van der Waals surface area contributed by atoms with Gasteiger partial charge in [0.15, 0.2) is 0 Å². The van der Waals surface area contributed by atoms with E-state index in [1.54, 1.807) is 6.08 Å². The molecule has 0 bridgehead atoms. The van der Waals surface area contributed by atoms with Crippen LogP contribution in [0.2, 0.25) is 0 Å². The van der Waals surface area contributed by atoms with Gasteiger partial charge in [-0.15, -0.1) is 0 Å². The number of nitrogens with zero attached hydrogens (tertiary/aromatic N) is 1. The molecular weight excluding hydrogens is 88.1 g/mol. The van der Waals surface area contributed by atoms with Crippen molar-refractivity contribution in [3.05, 3.63) is 12.3 Å². The van der Waals surface area contributed by atoms with Crippen molar-refractivity contribution in [2.24, 2.45) is 0 Å². The van der Waals surface area contributed by atoms with Crippen molar-refractivity contribution in [2.45, 2.75) is 0 Å². The lowest BCUT2D eigenvalue weighted by atomic mass is 10.6. The van der Waals surface area contributed by atoms with Gasteiger partial charge in [0.05, 0.1) is 0 Å². The smallest absolute Gasteiger partial charge is 0.0192 e. The second kappa shape index (κ2) is 3.40. The SMILES string of the molecule is CN(C)/C=C/C=N. The van der Waals surface area contributed by atoms with E-state index in [9.17, 15) is 0 Å². The van der Waals surface area contributed by atoms with Crippen molar-refractivity contribution < 1.29 is 0 Å². The van der Waals surface area contributed by atoms with Gasteiger partial charge in [-0.2, -0.15) is 0 Å². The van der Waals surface area contributed by atoms with Crippen LogP contribution in [0.25, 0.3) is 0 Å². The van der Waals surface area contributed by atoms with Crippen molar-refractivity contribution >= 4 is 6.21 Å². The first-order valence-corrected chi connectivity index (χ1v) is 2.11. The van der Waals surface area contributed by atoms with Gasteiger partial charge in [0.1, 0.15) is 0 Å². The van der Waals surface area contributed by atoms with Gasteiger partial charge in [-0.25, -0.2) is 0 Å². The van der Waals surface area contributed by atoms with Gasteiger partial charge in [-0.05, 0) is 12.3 Å². The minimum atomic E-state index is 1.25. The van der Waals surface area contributed by atoms with E-state index in [2.05, 4.69) is 0 Å². The summed E-state index contributed by atoms with van der Waals surface area (Å²) in [6.07, 6.45) is 4.73. The molecule has 7 heavy (non-hydrogen) atoms. The standard InChI is InChI=1S/C5H10N2/c1-7(2)5-3-4-6/h3-6H,1-2H3/b5-3+,6-4?. The largest absolute Gasteiger partial charge is 0.383 e. The zero-order valence-corrected chi connectivity index (χ0v) is 4.68. The highest BCUT2D eigenvalue weighted by molar-refractivity contribution is 5.67. The van der Waals surface area contributed by atoms with E-state index < -0.39 is 0 Å². The van der Waals surface area contributed by atoms with Crippen molar-refractivity contribution in [3.63, 3.8) is 0 Å². The first-order chi connectivity index (χ1) is 3.27. The molecule has 0 radical (unpaired) electrons. The third kappa shape index (κ3) is 5.21. The second-order valence-corrected chi connectivity index (χ2v) is 1.47. The predicted octanol–water partition coefficient (Wildman–Crippen LogP) is 0.711. The fraction of sp³-hybridized carbons (Fsp3) is 0.400. The topological polar surface area (TPSA) is 27.1 Å². The molecule has 0 amide bonds. The molecule has 2 nitrogen and oxygen atoms in total. The number of hydrogen-bond donors (Lipinski definition) is 1. The Kier molecular flexibility index (Phi) is 3.02. The van der Waals surface area contributed by atoms with Crippen molar-refractivity contribution in [1.29, 1.82) is 5.41 Å². The highest BCUT2D eigenvalue weighted by atomic mass is 15.0. The third-order valence-corrected chi connectivity index (χ3v) is 0.480. The highest BCUT2D eigenvalue weighted by Crippen LogP contribution is 1.71. The van der Waals surface area contributed by atoms with E-state index in [0.29, 0.717) is 0 Å². The Balaban J connectivity index is 3.25. The summed E-state index contributed by atoms with van der Waals surface area (Å²) >= 11 is 0. The van der Waals surface area contributed by atoms with Crippen molar-refractivity contribution in [1.82, 2.24) is 4.90 Å². The van der Waals surface area contributed by atoms with Crippen LogP contribution in [0.15, 0.2) is 12.3 Å². The van der Waals surface area contributed by atoms with Gasteiger partial charge in [0.2, 0.25) is 0 Å². The summed E-state index contributed by atoms with van der Waals surface area (Å²) in [6.45, 7) is 0. The Labute approximate surface area is 44.0 Å². The summed E-state index contributed by atoms with van der Waals surface area (Å²) in [5, 5.41) is 6.56. The summed E-state index contributed by atoms with van der Waals surface area (Å²) in [6, 6.07) is 0. The van der Waals surface area contributed by atoms with Crippen LogP contribution in [-0.2, 0) is 0 Å². The Morgan fingerprint density at radius 3 is 2.14 bits per heavy atom. The molecule has 0 rings (SSSR count). The van der Waals surface area contributed by atoms with E-state index in [1.165, 1.54) is 6.21 Å². The predicted molar refractivity (Wildman–Crippen MR) is 31.6 cm³/mol. The Morgan fingerprint density at radius 1 is 1.43 bits per heavy atom. The third-order valence-electron chi connectivity index (χ3n) is 0.480. The summed E-state index contributed by atoms with van der Waals surface area (Å²) in [5.41, 5.74) is 0. The Bertz CT molecular complexity index is 74.1. The van der Waals surface area contributed by atoms with Crippen LogP contribution < -0.4 is 0 Å². The maximum Gasteiger partial charge on any atom is 0.0192 e. The Morgan fingerprint density at radius 2 is 2.00 bits per heavy atom. The molecular formula is C5H10N2. The monoisotopic (exact) mass is 98.1 g/mol. The Hall–Kier alpha value is -0.790. The average molecular weight is 98.1 g/mol. The molecule has 0 aromatic rings. The van der Waals surface area contributed by atoms with Crippen LogP contribution in [0.4, 0.5) is 0 Å². The molecule has 0 spiro atoms. The van der Waals surface area contributed by atoms with Gasteiger partial charge in [0.25, 0.3) is 0 Å². The van der Waals surface area contributed by atoms with Crippen LogP contribution in [0.1, 0.15) is 0 Å². The normalized spacial score (nSPS) is 9.43. The molecule has 0 heterocycles. The molecule has 0 aromatic carbocycles. The number of allylic oxidation sites excluding steroid dienone is 1. The van der Waals surface area contributed by atoms with Gasteiger partial charge in [-0.1, -0.05) is 0 Å². The van der Waals surface area contributed by atoms with Gasteiger partial charge < -0.3 is 10.3 Å².